The standard InChI is InChI=1S/C16H24BrNO2/c1-11-9-12(19-2)15(20-3)14(17)13(11)16(10-18)7-5-4-6-8-16/h9H,4-8,10,18H2,1-3H3. The lowest BCUT2D eigenvalue weighted by Crippen LogP contribution is -2.38. The van der Waals surface area contributed by atoms with Gasteiger partial charge in [-0.15, -0.1) is 0 Å². The van der Waals surface area contributed by atoms with E-state index in [0.717, 1.165) is 28.8 Å². The van der Waals surface area contributed by atoms with Gasteiger partial charge in [-0.3, -0.25) is 0 Å². The number of rotatable bonds is 4. The molecule has 0 saturated heterocycles. The van der Waals surface area contributed by atoms with Gasteiger partial charge in [0.25, 0.3) is 0 Å². The number of aryl methyl sites for hydroxylation is 1. The van der Waals surface area contributed by atoms with Crippen molar-refractivity contribution in [1.29, 1.82) is 0 Å². The van der Waals surface area contributed by atoms with E-state index < -0.39 is 0 Å². The Hall–Kier alpha value is -0.740. The maximum absolute atomic E-state index is 6.18. The molecule has 2 rings (SSSR count). The van der Waals surface area contributed by atoms with Crippen LogP contribution < -0.4 is 15.2 Å². The molecule has 1 saturated carbocycles. The van der Waals surface area contributed by atoms with E-state index >= 15 is 0 Å². The van der Waals surface area contributed by atoms with E-state index in [9.17, 15) is 0 Å². The Bertz CT molecular complexity index is 482. The predicted octanol–water partition coefficient (Wildman–Crippen LogP) is 3.94. The minimum absolute atomic E-state index is 0.0702. The van der Waals surface area contributed by atoms with Gasteiger partial charge in [0.15, 0.2) is 11.5 Å². The third-order valence-electron chi connectivity index (χ3n) is 4.54. The third kappa shape index (κ3) is 2.56. The van der Waals surface area contributed by atoms with Crippen molar-refractivity contribution in [2.45, 2.75) is 44.4 Å². The minimum atomic E-state index is 0.0702. The van der Waals surface area contributed by atoms with Crippen molar-refractivity contribution >= 4 is 15.9 Å². The summed E-state index contributed by atoms with van der Waals surface area (Å²) < 4.78 is 12.0. The molecule has 1 aliphatic rings. The van der Waals surface area contributed by atoms with Gasteiger partial charge in [0, 0.05) is 12.0 Å². The molecule has 20 heavy (non-hydrogen) atoms. The first-order chi connectivity index (χ1) is 9.59. The summed E-state index contributed by atoms with van der Waals surface area (Å²) in [6.07, 6.45) is 6.11. The maximum Gasteiger partial charge on any atom is 0.175 e. The zero-order chi connectivity index (χ0) is 14.8. The summed E-state index contributed by atoms with van der Waals surface area (Å²) in [5.41, 5.74) is 8.77. The summed E-state index contributed by atoms with van der Waals surface area (Å²) in [7, 11) is 3.35. The fourth-order valence-electron chi connectivity index (χ4n) is 3.51. The van der Waals surface area contributed by atoms with Crippen LogP contribution in [0.1, 0.15) is 43.2 Å². The van der Waals surface area contributed by atoms with Crippen molar-refractivity contribution < 1.29 is 9.47 Å². The zero-order valence-corrected chi connectivity index (χ0v) is 14.2. The average molecular weight is 342 g/mol. The molecule has 0 aliphatic heterocycles. The number of hydrogen-bond donors (Lipinski definition) is 1. The van der Waals surface area contributed by atoms with E-state index in [1.807, 2.05) is 0 Å². The van der Waals surface area contributed by atoms with Crippen LogP contribution >= 0.6 is 15.9 Å². The quantitative estimate of drug-likeness (QED) is 0.902. The number of benzene rings is 1. The Labute approximate surface area is 130 Å². The highest BCUT2D eigenvalue weighted by atomic mass is 79.9. The first kappa shape index (κ1) is 15.6. The molecule has 0 heterocycles. The summed E-state index contributed by atoms with van der Waals surface area (Å²) in [6.45, 7) is 2.82. The molecule has 2 N–H and O–H groups in total. The van der Waals surface area contributed by atoms with E-state index in [2.05, 4.69) is 28.9 Å². The lowest BCUT2D eigenvalue weighted by Gasteiger charge is -2.39. The Balaban J connectivity index is 2.60. The van der Waals surface area contributed by atoms with Gasteiger partial charge in [0.05, 0.1) is 18.7 Å². The Kier molecular flexibility index (Phi) is 4.97. The monoisotopic (exact) mass is 341 g/mol. The second kappa shape index (κ2) is 6.35. The molecule has 0 unspecified atom stereocenters. The minimum Gasteiger partial charge on any atom is -0.493 e. The normalized spacial score (nSPS) is 17.9. The number of halogens is 1. The number of methoxy groups -OCH3 is 2. The predicted molar refractivity (Wildman–Crippen MR) is 85.8 cm³/mol. The van der Waals surface area contributed by atoms with E-state index in [1.54, 1.807) is 14.2 Å². The van der Waals surface area contributed by atoms with Crippen molar-refractivity contribution in [1.82, 2.24) is 0 Å². The Morgan fingerprint density at radius 3 is 2.35 bits per heavy atom. The summed E-state index contributed by atoms with van der Waals surface area (Å²) in [6, 6.07) is 2.06. The Morgan fingerprint density at radius 1 is 1.20 bits per heavy atom. The van der Waals surface area contributed by atoms with Gasteiger partial charge in [-0.1, -0.05) is 19.3 Å². The third-order valence-corrected chi connectivity index (χ3v) is 5.30. The fourth-order valence-corrected chi connectivity index (χ4v) is 4.60. The highest BCUT2D eigenvalue weighted by molar-refractivity contribution is 9.10. The van der Waals surface area contributed by atoms with Gasteiger partial charge in [-0.25, -0.2) is 0 Å². The number of ether oxygens (including phenoxy) is 2. The number of nitrogens with two attached hydrogens (primary N) is 1. The van der Waals surface area contributed by atoms with Crippen molar-refractivity contribution in [2.24, 2.45) is 5.73 Å². The van der Waals surface area contributed by atoms with Gasteiger partial charge in [-0.05, 0) is 52.9 Å². The molecule has 0 spiro atoms. The smallest absolute Gasteiger partial charge is 0.175 e. The summed E-state index contributed by atoms with van der Waals surface area (Å²) in [4.78, 5) is 0. The van der Waals surface area contributed by atoms with E-state index in [4.69, 9.17) is 15.2 Å². The maximum atomic E-state index is 6.18. The molecule has 0 atom stereocenters. The van der Waals surface area contributed by atoms with Crippen molar-refractivity contribution in [3.63, 3.8) is 0 Å². The van der Waals surface area contributed by atoms with Gasteiger partial charge in [0.1, 0.15) is 0 Å². The second-order valence-corrected chi connectivity index (χ2v) is 6.46. The van der Waals surface area contributed by atoms with Crippen LogP contribution in [-0.4, -0.2) is 20.8 Å². The lowest BCUT2D eigenvalue weighted by molar-refractivity contribution is 0.294. The van der Waals surface area contributed by atoms with E-state index in [-0.39, 0.29) is 5.41 Å². The largest absolute Gasteiger partial charge is 0.493 e. The van der Waals surface area contributed by atoms with Crippen LogP contribution in [0.15, 0.2) is 10.5 Å². The van der Waals surface area contributed by atoms with Crippen LogP contribution in [0.5, 0.6) is 11.5 Å². The lowest BCUT2D eigenvalue weighted by atomic mass is 9.68. The van der Waals surface area contributed by atoms with Crippen molar-refractivity contribution in [3.05, 3.63) is 21.7 Å². The van der Waals surface area contributed by atoms with Gasteiger partial charge >= 0.3 is 0 Å². The van der Waals surface area contributed by atoms with Crippen molar-refractivity contribution in [3.8, 4) is 11.5 Å². The van der Waals surface area contributed by atoms with Crippen LogP contribution in [0, 0.1) is 6.92 Å². The van der Waals surface area contributed by atoms with Crippen molar-refractivity contribution in [2.75, 3.05) is 20.8 Å². The highest BCUT2D eigenvalue weighted by Gasteiger charge is 2.37. The van der Waals surface area contributed by atoms with E-state index in [0.29, 0.717) is 6.54 Å². The molecule has 4 heteroatoms. The molecule has 0 radical (unpaired) electrons. The number of hydrogen-bond acceptors (Lipinski definition) is 3. The van der Waals surface area contributed by atoms with Crippen LogP contribution in [-0.2, 0) is 5.41 Å². The van der Waals surface area contributed by atoms with E-state index in [1.165, 1.54) is 30.4 Å². The van der Waals surface area contributed by atoms with Gasteiger partial charge in [-0.2, -0.15) is 0 Å². The topological polar surface area (TPSA) is 44.5 Å². The SMILES string of the molecule is COc1cc(C)c(C2(CN)CCCCC2)c(Br)c1OC. The summed E-state index contributed by atoms with van der Waals surface area (Å²) >= 11 is 3.73. The molecule has 3 nitrogen and oxygen atoms in total. The zero-order valence-electron chi connectivity index (χ0n) is 12.6. The van der Waals surface area contributed by atoms with Gasteiger partial charge < -0.3 is 15.2 Å². The molecule has 1 aliphatic carbocycles. The first-order valence-electron chi connectivity index (χ1n) is 7.21. The van der Waals surface area contributed by atoms with Crippen LogP contribution in [0.4, 0.5) is 0 Å². The van der Waals surface area contributed by atoms with Crippen LogP contribution in [0.2, 0.25) is 0 Å². The first-order valence-corrected chi connectivity index (χ1v) is 8.00. The summed E-state index contributed by atoms with van der Waals surface area (Å²) in [5.74, 6) is 1.54. The Morgan fingerprint density at radius 2 is 1.85 bits per heavy atom. The molecule has 0 amide bonds. The molecule has 0 aromatic heterocycles. The molecule has 0 bridgehead atoms. The fraction of sp³-hybridized carbons (Fsp3) is 0.625. The molecular weight excluding hydrogens is 318 g/mol. The molecular formula is C16H24BrNO2. The average Bonchev–Trinajstić information content (AvgIpc) is 2.47. The molecule has 1 aromatic rings. The second-order valence-electron chi connectivity index (χ2n) is 5.66. The summed E-state index contributed by atoms with van der Waals surface area (Å²) in [5, 5.41) is 0. The molecule has 1 fully saturated rings. The van der Waals surface area contributed by atoms with Crippen LogP contribution in [0.3, 0.4) is 0 Å². The van der Waals surface area contributed by atoms with Gasteiger partial charge in [0.2, 0.25) is 0 Å². The highest BCUT2D eigenvalue weighted by Crippen LogP contribution is 2.48. The molecule has 112 valence electrons. The van der Waals surface area contributed by atoms with Crippen LogP contribution in [0.25, 0.3) is 0 Å². The molecule has 1 aromatic carbocycles.